The molecular weight excluding hydrogens is 326 g/mol. The molecule has 21 heavy (non-hydrogen) atoms. The Morgan fingerprint density at radius 2 is 1.81 bits per heavy atom. The van der Waals surface area contributed by atoms with Gasteiger partial charge in [-0.15, -0.1) is 0 Å². The van der Waals surface area contributed by atoms with E-state index in [2.05, 4.69) is 73.2 Å². The highest BCUT2D eigenvalue weighted by Crippen LogP contribution is 2.16. The molecule has 0 aliphatic rings. The van der Waals surface area contributed by atoms with Gasteiger partial charge in [-0.1, -0.05) is 35.0 Å². The van der Waals surface area contributed by atoms with Crippen molar-refractivity contribution in [3.8, 4) is 0 Å². The summed E-state index contributed by atoms with van der Waals surface area (Å²) in [5.74, 6) is 0.613. The minimum absolute atomic E-state index is 0.169. The molecule has 1 aromatic carbocycles. The van der Waals surface area contributed by atoms with Crippen molar-refractivity contribution < 1.29 is 4.74 Å². The van der Waals surface area contributed by atoms with Gasteiger partial charge in [0, 0.05) is 23.2 Å². The molecule has 0 amide bonds. The highest BCUT2D eigenvalue weighted by Gasteiger charge is 2.15. The summed E-state index contributed by atoms with van der Waals surface area (Å²) in [5.41, 5.74) is 1.57. The van der Waals surface area contributed by atoms with E-state index in [1.54, 1.807) is 0 Å². The molecule has 0 heterocycles. The number of nitrogens with one attached hydrogen (secondary N) is 1. The van der Waals surface area contributed by atoms with E-state index in [9.17, 15) is 0 Å². The summed E-state index contributed by atoms with van der Waals surface area (Å²) < 4.78 is 6.81. The van der Waals surface area contributed by atoms with Crippen LogP contribution in [-0.2, 0) is 11.2 Å². The molecule has 0 aromatic heterocycles. The van der Waals surface area contributed by atoms with E-state index < -0.39 is 0 Å². The Morgan fingerprint density at radius 1 is 1.14 bits per heavy atom. The first kappa shape index (κ1) is 18.7. The minimum Gasteiger partial charge on any atom is -0.381 e. The van der Waals surface area contributed by atoms with Gasteiger partial charge in [0.2, 0.25) is 0 Å². The second-order valence-corrected chi connectivity index (χ2v) is 7.64. The normalized spacial score (nSPS) is 13.4. The van der Waals surface area contributed by atoms with Crippen LogP contribution < -0.4 is 5.32 Å². The monoisotopic (exact) mass is 355 g/mol. The van der Waals surface area contributed by atoms with E-state index >= 15 is 0 Å². The molecule has 0 aliphatic carbocycles. The number of benzene rings is 1. The Hall–Kier alpha value is -0.380. The summed E-state index contributed by atoms with van der Waals surface area (Å²) in [4.78, 5) is 0. The molecule has 1 unspecified atom stereocenters. The first-order valence-electron chi connectivity index (χ1n) is 7.98. The SMILES string of the molecule is CCCOCCC(CNC(C)(C)C)Cc1ccc(Br)cc1. The Labute approximate surface area is 138 Å². The van der Waals surface area contributed by atoms with Crippen molar-refractivity contribution in [2.45, 2.75) is 52.5 Å². The van der Waals surface area contributed by atoms with Crippen LogP contribution in [0.1, 0.15) is 46.1 Å². The molecule has 0 spiro atoms. The van der Waals surface area contributed by atoms with Gasteiger partial charge in [0.15, 0.2) is 0 Å². The second kappa shape index (κ2) is 9.60. The highest BCUT2D eigenvalue weighted by molar-refractivity contribution is 9.10. The summed E-state index contributed by atoms with van der Waals surface area (Å²) in [6.07, 6.45) is 3.31. The molecule has 2 nitrogen and oxygen atoms in total. The number of rotatable bonds is 9. The largest absolute Gasteiger partial charge is 0.381 e. The fourth-order valence-electron chi connectivity index (χ4n) is 2.18. The topological polar surface area (TPSA) is 21.3 Å². The van der Waals surface area contributed by atoms with Crippen LogP contribution in [0.25, 0.3) is 0 Å². The number of hydrogen-bond donors (Lipinski definition) is 1. The third kappa shape index (κ3) is 9.28. The Kier molecular flexibility index (Phi) is 8.53. The summed E-state index contributed by atoms with van der Waals surface area (Å²) in [5, 5.41) is 3.63. The fourth-order valence-corrected chi connectivity index (χ4v) is 2.44. The van der Waals surface area contributed by atoms with Gasteiger partial charge in [-0.25, -0.2) is 0 Å². The van der Waals surface area contributed by atoms with E-state index in [-0.39, 0.29) is 5.54 Å². The molecule has 0 radical (unpaired) electrons. The maximum atomic E-state index is 5.67. The van der Waals surface area contributed by atoms with Crippen LogP contribution >= 0.6 is 15.9 Å². The Morgan fingerprint density at radius 3 is 2.38 bits per heavy atom. The van der Waals surface area contributed by atoms with E-state index in [4.69, 9.17) is 4.74 Å². The molecule has 1 N–H and O–H groups in total. The molecule has 1 atom stereocenters. The zero-order chi connectivity index (χ0) is 15.7. The smallest absolute Gasteiger partial charge is 0.0469 e. The average molecular weight is 356 g/mol. The molecular formula is C18H30BrNO. The average Bonchev–Trinajstić information content (AvgIpc) is 2.42. The first-order chi connectivity index (χ1) is 9.90. The van der Waals surface area contributed by atoms with E-state index in [1.807, 2.05) is 0 Å². The molecule has 0 saturated carbocycles. The van der Waals surface area contributed by atoms with Gasteiger partial charge in [-0.2, -0.15) is 0 Å². The standard InChI is InChI=1S/C18H30BrNO/c1-5-11-21-12-10-16(14-20-18(2,3)4)13-15-6-8-17(19)9-7-15/h6-9,16,20H,5,10-14H2,1-4H3. The van der Waals surface area contributed by atoms with Crippen molar-refractivity contribution in [3.63, 3.8) is 0 Å². The molecule has 120 valence electrons. The van der Waals surface area contributed by atoms with Crippen LogP contribution in [0.15, 0.2) is 28.7 Å². The van der Waals surface area contributed by atoms with E-state index in [0.29, 0.717) is 5.92 Å². The third-order valence-electron chi connectivity index (χ3n) is 3.38. The maximum Gasteiger partial charge on any atom is 0.0469 e. The quantitative estimate of drug-likeness (QED) is 0.641. The van der Waals surface area contributed by atoms with Crippen molar-refractivity contribution in [2.24, 2.45) is 5.92 Å². The first-order valence-corrected chi connectivity index (χ1v) is 8.77. The second-order valence-electron chi connectivity index (χ2n) is 6.73. The van der Waals surface area contributed by atoms with E-state index in [1.165, 1.54) is 5.56 Å². The van der Waals surface area contributed by atoms with Crippen LogP contribution in [0.5, 0.6) is 0 Å². The highest BCUT2D eigenvalue weighted by atomic mass is 79.9. The van der Waals surface area contributed by atoms with Crippen molar-refractivity contribution in [1.29, 1.82) is 0 Å². The summed E-state index contributed by atoms with van der Waals surface area (Å²) >= 11 is 3.50. The van der Waals surface area contributed by atoms with Crippen LogP contribution in [0.4, 0.5) is 0 Å². The van der Waals surface area contributed by atoms with Crippen molar-refractivity contribution in [1.82, 2.24) is 5.32 Å². The van der Waals surface area contributed by atoms with Gasteiger partial charge >= 0.3 is 0 Å². The third-order valence-corrected chi connectivity index (χ3v) is 3.91. The molecule has 0 fully saturated rings. The Bertz CT molecular complexity index is 383. The van der Waals surface area contributed by atoms with Crippen LogP contribution in [0.3, 0.4) is 0 Å². The van der Waals surface area contributed by atoms with Crippen LogP contribution in [-0.4, -0.2) is 25.3 Å². The van der Waals surface area contributed by atoms with Crippen LogP contribution in [0, 0.1) is 5.92 Å². The van der Waals surface area contributed by atoms with Gasteiger partial charge in [-0.05, 0) is 70.2 Å². The lowest BCUT2D eigenvalue weighted by Crippen LogP contribution is -2.39. The van der Waals surface area contributed by atoms with E-state index in [0.717, 1.165) is 43.5 Å². The predicted octanol–water partition coefficient (Wildman–Crippen LogP) is 4.81. The molecule has 3 heteroatoms. The van der Waals surface area contributed by atoms with Gasteiger partial charge < -0.3 is 10.1 Å². The Balaban J connectivity index is 2.51. The number of ether oxygens (including phenoxy) is 1. The van der Waals surface area contributed by atoms with Crippen LogP contribution in [0.2, 0.25) is 0 Å². The molecule has 0 bridgehead atoms. The molecule has 1 rings (SSSR count). The lowest BCUT2D eigenvalue weighted by molar-refractivity contribution is 0.119. The van der Waals surface area contributed by atoms with Crippen molar-refractivity contribution >= 4 is 15.9 Å². The zero-order valence-corrected chi connectivity index (χ0v) is 15.5. The fraction of sp³-hybridized carbons (Fsp3) is 0.667. The van der Waals surface area contributed by atoms with Gasteiger partial charge in [0.1, 0.15) is 0 Å². The minimum atomic E-state index is 0.169. The summed E-state index contributed by atoms with van der Waals surface area (Å²) in [6.45, 7) is 11.6. The maximum absolute atomic E-state index is 5.67. The van der Waals surface area contributed by atoms with Gasteiger partial charge in [0.25, 0.3) is 0 Å². The summed E-state index contributed by atoms with van der Waals surface area (Å²) in [6, 6.07) is 8.66. The van der Waals surface area contributed by atoms with Gasteiger partial charge in [0.05, 0.1) is 0 Å². The van der Waals surface area contributed by atoms with Gasteiger partial charge in [-0.3, -0.25) is 0 Å². The lowest BCUT2D eigenvalue weighted by atomic mass is 9.95. The number of halogens is 1. The number of hydrogen-bond acceptors (Lipinski definition) is 2. The molecule has 0 aliphatic heterocycles. The summed E-state index contributed by atoms with van der Waals surface area (Å²) in [7, 11) is 0. The van der Waals surface area contributed by atoms with Crippen molar-refractivity contribution in [3.05, 3.63) is 34.3 Å². The predicted molar refractivity (Wildman–Crippen MR) is 94.8 cm³/mol. The van der Waals surface area contributed by atoms with Crippen molar-refractivity contribution in [2.75, 3.05) is 19.8 Å². The molecule has 0 saturated heterocycles. The lowest BCUT2D eigenvalue weighted by Gasteiger charge is -2.25. The molecule has 1 aromatic rings. The zero-order valence-electron chi connectivity index (χ0n) is 13.9.